The Hall–Kier alpha value is -1.14. The van der Waals surface area contributed by atoms with Crippen molar-refractivity contribution in [2.75, 3.05) is 18.0 Å². The predicted molar refractivity (Wildman–Crippen MR) is 66.7 cm³/mol. The molecule has 1 atom stereocenters. The van der Waals surface area contributed by atoms with Crippen molar-refractivity contribution in [3.8, 4) is 0 Å². The van der Waals surface area contributed by atoms with Crippen LogP contribution in [0.5, 0.6) is 0 Å². The van der Waals surface area contributed by atoms with Crippen molar-refractivity contribution in [2.45, 2.75) is 19.4 Å². The molecule has 6 heteroatoms. The van der Waals surface area contributed by atoms with E-state index in [1.807, 2.05) is 14.0 Å². The molecule has 0 saturated carbocycles. The molecule has 1 aliphatic rings. The summed E-state index contributed by atoms with van der Waals surface area (Å²) in [5, 5.41) is 13.9. The summed E-state index contributed by atoms with van der Waals surface area (Å²) in [6.07, 6.45) is 0.510. The van der Waals surface area contributed by atoms with Crippen LogP contribution in [0.1, 0.15) is 17.7 Å². The van der Waals surface area contributed by atoms with Crippen molar-refractivity contribution in [1.29, 1.82) is 0 Å². The maximum Gasteiger partial charge on any atom is 0.137 e. The van der Waals surface area contributed by atoms with Gasteiger partial charge in [0, 0.05) is 20.1 Å². The lowest BCUT2D eigenvalue weighted by Crippen LogP contribution is -2.26. The molecule has 0 aliphatic carbocycles. The molecule has 2 rings (SSSR count). The Bertz CT molecular complexity index is 429. The lowest BCUT2D eigenvalue weighted by Gasteiger charge is -2.19. The Morgan fingerprint density at radius 1 is 1.62 bits per heavy atom. The fourth-order valence-electron chi connectivity index (χ4n) is 2.23. The molecule has 0 amide bonds. The van der Waals surface area contributed by atoms with Crippen LogP contribution in [0.25, 0.3) is 0 Å². The first kappa shape index (κ1) is 11.3. The molecule has 88 valence electrons. The van der Waals surface area contributed by atoms with E-state index in [1.54, 1.807) is 4.68 Å². The van der Waals surface area contributed by atoms with Crippen LogP contribution < -0.4 is 10.6 Å². The molecular formula is C10H16N4OS. The maximum absolute atomic E-state index is 9.55. The number of aliphatic hydroxyl groups excluding tert-OH is 1. The molecule has 0 radical (unpaired) electrons. The van der Waals surface area contributed by atoms with Gasteiger partial charge in [0.05, 0.1) is 17.4 Å². The zero-order chi connectivity index (χ0) is 11.9. The van der Waals surface area contributed by atoms with Gasteiger partial charge in [-0.05, 0) is 13.3 Å². The second kappa shape index (κ2) is 4.03. The number of β-amino-alcohol motifs (C(OH)–C–C–N with tert-alkyl or cyclic N) is 1. The van der Waals surface area contributed by atoms with Crippen LogP contribution in [0, 0.1) is 6.92 Å². The highest BCUT2D eigenvalue weighted by Gasteiger charge is 2.27. The van der Waals surface area contributed by atoms with Gasteiger partial charge in [0.15, 0.2) is 0 Å². The maximum atomic E-state index is 9.55. The van der Waals surface area contributed by atoms with E-state index in [1.165, 1.54) is 0 Å². The lowest BCUT2D eigenvalue weighted by molar-refractivity contribution is 0.198. The third kappa shape index (κ3) is 1.78. The smallest absolute Gasteiger partial charge is 0.137 e. The third-order valence-electron chi connectivity index (χ3n) is 2.90. The molecule has 1 fully saturated rings. The van der Waals surface area contributed by atoms with Crippen molar-refractivity contribution >= 4 is 23.0 Å². The van der Waals surface area contributed by atoms with Gasteiger partial charge in [-0.2, -0.15) is 5.10 Å². The SMILES string of the molecule is Cc1nn(C)c(N2CCC(O)C2)c1C(N)=S. The zero-order valence-corrected chi connectivity index (χ0v) is 10.3. The van der Waals surface area contributed by atoms with Gasteiger partial charge in [0.1, 0.15) is 10.8 Å². The van der Waals surface area contributed by atoms with Crippen LogP contribution in [0.2, 0.25) is 0 Å². The average Bonchev–Trinajstić information content (AvgIpc) is 2.69. The van der Waals surface area contributed by atoms with E-state index < -0.39 is 0 Å². The minimum atomic E-state index is -0.269. The van der Waals surface area contributed by atoms with E-state index in [2.05, 4.69) is 10.00 Å². The van der Waals surface area contributed by atoms with Gasteiger partial charge in [-0.3, -0.25) is 4.68 Å². The van der Waals surface area contributed by atoms with Crippen LogP contribution in [0.4, 0.5) is 5.82 Å². The summed E-state index contributed by atoms with van der Waals surface area (Å²) in [5.41, 5.74) is 7.38. The number of hydrogen-bond acceptors (Lipinski definition) is 4. The Kier molecular flexibility index (Phi) is 2.86. The molecule has 3 N–H and O–H groups in total. The van der Waals surface area contributed by atoms with Gasteiger partial charge < -0.3 is 15.7 Å². The predicted octanol–water partition coefficient (Wildman–Crippen LogP) is -0.0663. The summed E-state index contributed by atoms with van der Waals surface area (Å²) < 4.78 is 1.78. The van der Waals surface area contributed by atoms with Gasteiger partial charge in [0.25, 0.3) is 0 Å². The number of aliphatic hydroxyl groups is 1. The van der Waals surface area contributed by atoms with Gasteiger partial charge >= 0.3 is 0 Å². The first-order chi connectivity index (χ1) is 7.50. The Morgan fingerprint density at radius 3 is 2.81 bits per heavy atom. The molecule has 1 saturated heterocycles. The van der Waals surface area contributed by atoms with Crippen molar-refractivity contribution in [3.63, 3.8) is 0 Å². The zero-order valence-electron chi connectivity index (χ0n) is 9.47. The number of hydrogen-bond donors (Lipinski definition) is 2. The van der Waals surface area contributed by atoms with Gasteiger partial charge in [0.2, 0.25) is 0 Å². The van der Waals surface area contributed by atoms with E-state index in [0.29, 0.717) is 11.5 Å². The number of thiocarbonyl (C=S) groups is 1. The van der Waals surface area contributed by atoms with E-state index in [0.717, 1.165) is 30.0 Å². The van der Waals surface area contributed by atoms with Crippen LogP contribution in [-0.4, -0.2) is 39.1 Å². The van der Waals surface area contributed by atoms with E-state index >= 15 is 0 Å². The Balaban J connectivity index is 2.43. The summed E-state index contributed by atoms with van der Waals surface area (Å²) in [7, 11) is 1.87. The van der Waals surface area contributed by atoms with Crippen molar-refractivity contribution in [1.82, 2.24) is 9.78 Å². The molecule has 1 unspecified atom stereocenters. The quantitative estimate of drug-likeness (QED) is 0.709. The number of rotatable bonds is 2. The van der Waals surface area contributed by atoms with Gasteiger partial charge in [-0.15, -0.1) is 0 Å². The summed E-state index contributed by atoms with van der Waals surface area (Å²) in [5.74, 6) is 0.918. The monoisotopic (exact) mass is 240 g/mol. The van der Waals surface area contributed by atoms with Crippen LogP contribution in [0.3, 0.4) is 0 Å². The lowest BCUT2D eigenvalue weighted by atomic mass is 10.2. The summed E-state index contributed by atoms with van der Waals surface area (Å²) in [6, 6.07) is 0. The number of aryl methyl sites for hydroxylation is 2. The third-order valence-corrected chi connectivity index (χ3v) is 3.11. The van der Waals surface area contributed by atoms with E-state index in [9.17, 15) is 5.11 Å². The van der Waals surface area contributed by atoms with Crippen LogP contribution in [0.15, 0.2) is 0 Å². The van der Waals surface area contributed by atoms with E-state index in [-0.39, 0.29) is 6.10 Å². The second-order valence-electron chi connectivity index (χ2n) is 4.16. The molecule has 0 bridgehead atoms. The Morgan fingerprint density at radius 2 is 2.31 bits per heavy atom. The molecule has 0 spiro atoms. The van der Waals surface area contributed by atoms with Crippen molar-refractivity contribution in [3.05, 3.63) is 11.3 Å². The van der Waals surface area contributed by atoms with Gasteiger partial charge in [-0.25, -0.2) is 0 Å². The van der Waals surface area contributed by atoms with Gasteiger partial charge in [-0.1, -0.05) is 12.2 Å². The van der Waals surface area contributed by atoms with Crippen LogP contribution >= 0.6 is 12.2 Å². The number of aromatic nitrogens is 2. The number of nitrogens with two attached hydrogens (primary N) is 1. The number of anilines is 1. The molecule has 16 heavy (non-hydrogen) atoms. The normalized spacial score (nSPS) is 20.4. The Labute approximate surface area is 99.8 Å². The summed E-state index contributed by atoms with van der Waals surface area (Å²) in [4.78, 5) is 2.45. The minimum Gasteiger partial charge on any atom is -0.391 e. The average molecular weight is 240 g/mol. The fraction of sp³-hybridized carbons (Fsp3) is 0.600. The highest BCUT2D eigenvalue weighted by Crippen LogP contribution is 2.26. The standard InChI is InChI=1S/C10H16N4OS/c1-6-8(9(11)16)10(13(2)12-6)14-4-3-7(15)5-14/h7,15H,3-5H2,1-2H3,(H2,11,16). The van der Waals surface area contributed by atoms with Crippen molar-refractivity contribution < 1.29 is 5.11 Å². The van der Waals surface area contributed by atoms with Crippen LogP contribution in [-0.2, 0) is 7.05 Å². The highest BCUT2D eigenvalue weighted by molar-refractivity contribution is 7.80. The first-order valence-electron chi connectivity index (χ1n) is 5.27. The molecule has 2 heterocycles. The summed E-state index contributed by atoms with van der Waals surface area (Å²) in [6.45, 7) is 3.33. The number of nitrogens with zero attached hydrogens (tertiary/aromatic N) is 3. The topological polar surface area (TPSA) is 67.3 Å². The molecular weight excluding hydrogens is 224 g/mol. The molecule has 1 aromatic rings. The second-order valence-corrected chi connectivity index (χ2v) is 4.60. The van der Waals surface area contributed by atoms with E-state index in [4.69, 9.17) is 18.0 Å². The van der Waals surface area contributed by atoms with Crippen molar-refractivity contribution in [2.24, 2.45) is 12.8 Å². The molecule has 5 nitrogen and oxygen atoms in total. The molecule has 1 aromatic heterocycles. The fourth-order valence-corrected chi connectivity index (χ4v) is 2.47. The molecule has 1 aliphatic heterocycles. The largest absolute Gasteiger partial charge is 0.391 e. The highest BCUT2D eigenvalue weighted by atomic mass is 32.1. The first-order valence-corrected chi connectivity index (χ1v) is 5.68. The minimum absolute atomic E-state index is 0.269. The molecule has 0 aromatic carbocycles. The summed E-state index contributed by atoms with van der Waals surface area (Å²) >= 11 is 5.05.